The third kappa shape index (κ3) is 27.2. The number of aromatic nitrogens is 2. The van der Waals surface area contributed by atoms with Crippen LogP contribution >= 0.6 is 11.8 Å². The molecular weight excluding hydrogens is 1320 g/mol. The van der Waals surface area contributed by atoms with E-state index in [9.17, 15) is 77.3 Å². The molecule has 1 fully saturated rings. The molecule has 1 aromatic heterocycles. The van der Waals surface area contributed by atoms with Crippen molar-refractivity contribution in [2.24, 2.45) is 45.9 Å². The molecule has 2 aromatic rings. The minimum absolute atomic E-state index is 0.000130. The van der Waals surface area contributed by atoms with Crippen LogP contribution in [0.2, 0.25) is 0 Å². The van der Waals surface area contributed by atoms with Crippen LogP contribution in [0.1, 0.15) is 163 Å². The number of benzene rings is 1. The van der Waals surface area contributed by atoms with Crippen molar-refractivity contribution in [1.82, 2.24) is 68.5 Å². The molecule has 0 saturated carbocycles. The Kier molecular flexibility index (Phi) is 35.1. The molecule has 1 saturated heterocycles. The summed E-state index contributed by atoms with van der Waals surface area (Å²) >= 11 is 1.35. The van der Waals surface area contributed by atoms with Crippen molar-refractivity contribution in [1.29, 1.82) is 0 Å². The number of aliphatic imine (C=N–C) groups is 1. The summed E-state index contributed by atoms with van der Waals surface area (Å²) in [5.74, 6) is -15.5. The fourth-order valence-electron chi connectivity index (χ4n) is 11.1. The number of carboxylic acids is 2. The van der Waals surface area contributed by atoms with E-state index in [0.29, 0.717) is 17.9 Å². The maximum Gasteiger partial charge on any atom is 0.305 e. The third-order valence-corrected chi connectivity index (χ3v) is 18.5. The topological polar surface area (TPSA) is 531 Å². The van der Waals surface area contributed by atoms with Gasteiger partial charge in [-0.25, -0.2) is 4.98 Å². The first-order valence-corrected chi connectivity index (χ1v) is 35.1. The number of carboxylic acid groups (broad SMARTS) is 2. The van der Waals surface area contributed by atoms with Gasteiger partial charge < -0.3 is 90.9 Å². The standard InChI is InChI=1S/C66H103N17O16S/c1-9-18-37(8)53-64(98)83-54(38-19-13-12-14-20-38)65(99)79-44(28-39-31-70-33-72-39)60(94)78-46(30-50(87)88)61(95)77-45(29-48(68)84)55(89)71-26-16-15-21-40(56(90)73-41(22-17-25-67)57(91)82-53)75-63(97)52(36(7)11-3)81-58(92)42(23-24-49(85)86)74-59(93)43(27-34(4)5)76-62(96)47-32-100-66(80-47)51(69)35(6)10-2/h12-14,19-20,31,33-37,40-47,51-54H,9-11,15-18,21-30,32,67,69H2,1-8H3,(H2,68,84)(H,70,72)(H,71,89)(H,73,90)(H,74,93)(H,75,97)(H,76,96)(H,77,95)(H,78,94)(H,79,99)(H,81,92)(H,82,91)(H,83,98)(H,85,86)(H,87,88)/t35-,36-,37-,40?,41+,42+,43-,44-,45-,46+,47-,51-,52?,53?,54+/m0/s1. The number of imidazole rings is 1. The smallest absolute Gasteiger partial charge is 0.305 e. The van der Waals surface area contributed by atoms with Crippen LogP contribution in [0, 0.1) is 23.7 Å². The first kappa shape index (κ1) is 83.4. The molecule has 2 aliphatic rings. The second-order valence-corrected chi connectivity index (χ2v) is 27.0. The normalized spacial score (nSPS) is 23.1. The molecular formula is C66H103N17O16S. The van der Waals surface area contributed by atoms with Crippen LogP contribution in [0.4, 0.5) is 0 Å². The molecule has 4 rings (SSSR count). The molecule has 12 amide bonds. The second kappa shape index (κ2) is 42.1. The number of primary amides is 1. The van der Waals surface area contributed by atoms with Crippen LogP contribution in [0.15, 0.2) is 47.8 Å². The van der Waals surface area contributed by atoms with Crippen molar-refractivity contribution in [3.05, 3.63) is 54.1 Å². The average molecular weight is 1420 g/mol. The van der Waals surface area contributed by atoms with Crippen molar-refractivity contribution in [3.8, 4) is 0 Å². The molecule has 3 heterocycles. The zero-order valence-corrected chi connectivity index (χ0v) is 59.0. The number of carbonyl (C=O) groups excluding carboxylic acids is 12. The number of amides is 12. The van der Waals surface area contributed by atoms with Gasteiger partial charge in [-0.2, -0.15) is 0 Å². The first-order chi connectivity index (χ1) is 47.4. The Morgan fingerprint density at radius 1 is 0.680 bits per heavy atom. The van der Waals surface area contributed by atoms with Crippen molar-refractivity contribution in [2.75, 3.05) is 18.8 Å². The molecule has 20 N–H and O–H groups in total. The summed E-state index contributed by atoms with van der Waals surface area (Å²) in [6, 6.07) is -9.11. The number of thioether (sulfide) groups is 1. The van der Waals surface area contributed by atoms with Gasteiger partial charge in [-0.05, 0) is 87.1 Å². The van der Waals surface area contributed by atoms with E-state index in [-0.39, 0.29) is 93.3 Å². The Morgan fingerprint density at radius 3 is 1.91 bits per heavy atom. The number of aliphatic carboxylic acids is 2. The van der Waals surface area contributed by atoms with Gasteiger partial charge in [-0.3, -0.25) is 72.1 Å². The lowest BCUT2D eigenvalue weighted by atomic mass is 9.94. The Bertz CT molecular complexity index is 3160. The minimum atomic E-state index is -1.95. The number of rotatable bonds is 31. The van der Waals surface area contributed by atoms with Crippen LogP contribution in [0.25, 0.3) is 0 Å². The van der Waals surface area contributed by atoms with E-state index in [4.69, 9.17) is 17.2 Å². The summed E-state index contributed by atoms with van der Waals surface area (Å²) in [6.07, 6.45) is 1.10. The first-order valence-electron chi connectivity index (χ1n) is 34.1. The van der Waals surface area contributed by atoms with E-state index in [1.807, 2.05) is 34.6 Å². The molecule has 34 heteroatoms. The molecule has 0 radical (unpaired) electrons. The van der Waals surface area contributed by atoms with E-state index in [1.165, 1.54) is 36.4 Å². The highest BCUT2D eigenvalue weighted by Crippen LogP contribution is 2.25. The van der Waals surface area contributed by atoms with Gasteiger partial charge in [0.1, 0.15) is 66.5 Å². The third-order valence-electron chi connectivity index (χ3n) is 17.3. The highest BCUT2D eigenvalue weighted by Gasteiger charge is 2.40. The Balaban J connectivity index is 1.78. The highest BCUT2D eigenvalue weighted by molar-refractivity contribution is 8.14. The second-order valence-electron chi connectivity index (χ2n) is 25.9. The van der Waals surface area contributed by atoms with Gasteiger partial charge in [-0.15, -0.1) is 11.8 Å². The number of nitrogens with one attached hydrogen (secondary N) is 12. The van der Waals surface area contributed by atoms with E-state index in [0.717, 1.165) is 6.42 Å². The van der Waals surface area contributed by atoms with E-state index in [1.54, 1.807) is 39.0 Å². The van der Waals surface area contributed by atoms with E-state index in [2.05, 4.69) is 73.4 Å². The van der Waals surface area contributed by atoms with Crippen LogP contribution in [0.3, 0.4) is 0 Å². The molecule has 3 unspecified atom stereocenters. The summed E-state index contributed by atoms with van der Waals surface area (Å²) in [4.78, 5) is 207. The molecule has 0 aliphatic carbocycles. The summed E-state index contributed by atoms with van der Waals surface area (Å²) in [5.41, 5.74) is 18.4. The monoisotopic (exact) mass is 1420 g/mol. The molecule has 15 atom stereocenters. The quantitative estimate of drug-likeness (QED) is 0.0423. The number of aromatic amines is 1. The molecule has 554 valence electrons. The van der Waals surface area contributed by atoms with Gasteiger partial charge in [0.15, 0.2) is 0 Å². The highest BCUT2D eigenvalue weighted by atomic mass is 32.2. The summed E-state index contributed by atoms with van der Waals surface area (Å²) in [6.45, 7) is 14.2. The number of nitrogens with two attached hydrogens (primary N) is 3. The lowest BCUT2D eigenvalue weighted by Gasteiger charge is -2.31. The Morgan fingerprint density at radius 2 is 1.31 bits per heavy atom. The van der Waals surface area contributed by atoms with Crippen molar-refractivity contribution < 1.29 is 77.3 Å². The van der Waals surface area contributed by atoms with Gasteiger partial charge in [0.05, 0.1) is 30.3 Å². The molecule has 100 heavy (non-hydrogen) atoms. The number of nitrogens with zero attached hydrogens (tertiary/aromatic N) is 2. The van der Waals surface area contributed by atoms with Gasteiger partial charge in [-0.1, -0.05) is 105 Å². The molecule has 1 aromatic carbocycles. The molecule has 2 aliphatic heterocycles. The predicted octanol–water partition coefficient (Wildman–Crippen LogP) is -1.16. The fraction of sp³-hybridized carbons (Fsp3) is 0.636. The van der Waals surface area contributed by atoms with Crippen molar-refractivity contribution in [3.63, 3.8) is 0 Å². The molecule has 33 nitrogen and oxygen atoms in total. The van der Waals surface area contributed by atoms with E-state index < -0.39 is 193 Å². The number of H-pyrrole nitrogens is 1. The van der Waals surface area contributed by atoms with Crippen molar-refractivity contribution in [2.45, 2.75) is 224 Å². The minimum Gasteiger partial charge on any atom is -0.481 e. The summed E-state index contributed by atoms with van der Waals surface area (Å²) in [7, 11) is 0. The lowest BCUT2D eigenvalue weighted by molar-refractivity contribution is -0.142. The van der Waals surface area contributed by atoms with Gasteiger partial charge in [0, 0.05) is 37.0 Å². The Labute approximate surface area is 586 Å². The number of hydrogen-bond acceptors (Lipinski definition) is 19. The zero-order chi connectivity index (χ0) is 74.3. The van der Waals surface area contributed by atoms with Crippen LogP contribution < -0.4 is 75.7 Å². The average Bonchev–Trinajstić information content (AvgIpc) is 1.32. The summed E-state index contributed by atoms with van der Waals surface area (Å²) < 4.78 is 0. The molecule has 0 spiro atoms. The number of carbonyl (C=O) groups is 14. The number of hydrogen-bond donors (Lipinski definition) is 17. The Hall–Kier alpha value is -9.05. The largest absolute Gasteiger partial charge is 0.481 e. The van der Waals surface area contributed by atoms with Crippen molar-refractivity contribution >= 4 is 99.6 Å². The fourth-order valence-corrected chi connectivity index (χ4v) is 12.3. The van der Waals surface area contributed by atoms with Crippen LogP contribution in [-0.4, -0.2) is 193 Å². The van der Waals surface area contributed by atoms with Gasteiger partial charge >= 0.3 is 11.9 Å². The van der Waals surface area contributed by atoms with Gasteiger partial charge in [0.25, 0.3) is 0 Å². The maximum absolute atomic E-state index is 14.9. The molecule has 0 bridgehead atoms. The van der Waals surface area contributed by atoms with Crippen LogP contribution in [0.5, 0.6) is 0 Å². The predicted molar refractivity (Wildman–Crippen MR) is 369 cm³/mol. The lowest BCUT2D eigenvalue weighted by Crippen LogP contribution is -2.61. The maximum atomic E-state index is 14.9. The summed E-state index contributed by atoms with van der Waals surface area (Å²) in [5, 5.41) is 49.1. The zero-order valence-electron chi connectivity index (χ0n) is 58.2. The SMILES string of the molecule is CCC[C@H](C)C1NC(=O)[C@@H](CCCN)NC(=O)C(NC(=O)C(NC(=O)[C@@H](CCC(=O)O)NC(=O)[C@H](CC(C)C)NC(=O)[C@@H]2CSC([C@@H](N)[C@@H](C)CC)=N2)[C@@H](C)CC)CCCCNC(=O)[C@H](CC(N)=O)NC(=O)[C@@H](CC(=O)O)NC(=O)[C@H](Cc2cnc[nH]2)NC(=O)[C@@H](c2ccccc2)NC1=O. The van der Waals surface area contributed by atoms with Crippen LogP contribution in [-0.2, 0) is 73.5 Å². The van der Waals surface area contributed by atoms with Gasteiger partial charge in [0.2, 0.25) is 70.9 Å². The van der Waals surface area contributed by atoms with E-state index >= 15 is 0 Å².